The normalized spacial score (nSPS) is 11.9. The molecule has 0 aromatic rings. The molecule has 10 heavy (non-hydrogen) atoms. The largest absolute Gasteiger partial charge is 0.475 e. The molecule has 0 aromatic carbocycles. The molecule has 1 N–H and O–H groups in total. The van der Waals surface area contributed by atoms with Crippen molar-refractivity contribution in [1.82, 2.24) is 0 Å². The van der Waals surface area contributed by atoms with Gasteiger partial charge in [-0.1, -0.05) is 6.08 Å². The summed E-state index contributed by atoms with van der Waals surface area (Å²) in [5.41, 5.74) is 0. The quantitative estimate of drug-likeness (QED) is 0.430. The van der Waals surface area contributed by atoms with E-state index in [1.54, 1.807) is 13.0 Å². The topological polar surface area (TPSA) is 62.0 Å². The van der Waals surface area contributed by atoms with Crippen LogP contribution in [0.4, 0.5) is 0 Å². The molecule has 0 atom stereocenters. The number of carboxylic acid groups (broad SMARTS) is 1. The summed E-state index contributed by atoms with van der Waals surface area (Å²) in [6.07, 6.45) is 2.95. The fourth-order valence-electron chi connectivity index (χ4n) is 0.309. The van der Waals surface area contributed by atoms with Gasteiger partial charge in [-0.05, 0) is 13.6 Å². The predicted molar refractivity (Wildman–Crippen MR) is 39.4 cm³/mol. The highest BCUT2D eigenvalue weighted by molar-refractivity contribution is 6.35. The van der Waals surface area contributed by atoms with Crippen molar-refractivity contribution in [2.45, 2.75) is 6.92 Å². The smallest absolute Gasteiger partial charge is 0.373 e. The van der Waals surface area contributed by atoms with Gasteiger partial charge in [-0.15, -0.1) is 0 Å². The van der Waals surface area contributed by atoms with Crippen molar-refractivity contribution >= 4 is 18.5 Å². The van der Waals surface area contributed by atoms with Crippen molar-refractivity contribution in [3.05, 3.63) is 12.3 Å². The summed E-state index contributed by atoms with van der Waals surface area (Å²) in [4.78, 5) is 16.8. The van der Waals surface area contributed by atoms with E-state index in [9.17, 15) is 4.79 Å². The highest BCUT2D eigenvalue weighted by atomic mass is 16.4. The number of nitrogens with zero attached hydrogens (tertiary/aromatic N) is 2. The third-order valence-electron chi connectivity index (χ3n) is 0.687. The fraction of sp³-hybridized carbons (Fsp3) is 0.167. The van der Waals surface area contributed by atoms with Crippen molar-refractivity contribution in [2.75, 3.05) is 0 Å². The van der Waals surface area contributed by atoms with Gasteiger partial charge in [0.2, 0.25) is 5.84 Å². The summed E-state index contributed by atoms with van der Waals surface area (Å²) < 4.78 is 0. The second-order valence-electron chi connectivity index (χ2n) is 1.40. The fourth-order valence-corrected chi connectivity index (χ4v) is 0.309. The molecule has 0 aliphatic carbocycles. The highest BCUT2D eigenvalue weighted by Gasteiger charge is 2.02. The van der Waals surface area contributed by atoms with Crippen molar-refractivity contribution in [3.63, 3.8) is 0 Å². The summed E-state index contributed by atoms with van der Waals surface area (Å²) in [5.74, 6) is -1.47. The molecule has 0 fully saturated rings. The molecule has 0 rings (SSSR count). The van der Waals surface area contributed by atoms with Gasteiger partial charge in [0.1, 0.15) is 0 Å². The molecule has 0 radical (unpaired) electrons. The molecule has 0 spiro atoms. The first-order valence-electron chi connectivity index (χ1n) is 2.61. The number of carbonyl (C=O) groups is 1. The van der Waals surface area contributed by atoms with E-state index < -0.39 is 5.97 Å². The maximum absolute atomic E-state index is 10.1. The summed E-state index contributed by atoms with van der Waals surface area (Å²) in [7, 11) is 0. The van der Waals surface area contributed by atoms with Gasteiger partial charge in [0.15, 0.2) is 0 Å². The molecule has 0 saturated carbocycles. The summed E-state index contributed by atoms with van der Waals surface area (Å²) >= 11 is 0. The molecule has 0 bridgehead atoms. The average molecular weight is 140 g/mol. The van der Waals surface area contributed by atoms with E-state index in [4.69, 9.17) is 5.11 Å². The molecular weight excluding hydrogens is 132 g/mol. The molecule has 0 heterocycles. The summed E-state index contributed by atoms with van der Waals surface area (Å²) in [6.45, 7) is 4.77. The first-order chi connectivity index (χ1) is 4.72. The van der Waals surface area contributed by atoms with E-state index >= 15 is 0 Å². The molecule has 4 heteroatoms. The Morgan fingerprint density at radius 1 is 1.70 bits per heavy atom. The van der Waals surface area contributed by atoms with Crippen LogP contribution < -0.4 is 0 Å². The van der Waals surface area contributed by atoms with E-state index in [1.165, 1.54) is 6.20 Å². The first kappa shape index (κ1) is 8.55. The van der Waals surface area contributed by atoms with Crippen LogP contribution in [0.2, 0.25) is 0 Å². The van der Waals surface area contributed by atoms with Gasteiger partial charge in [-0.3, -0.25) is 0 Å². The van der Waals surface area contributed by atoms with Gasteiger partial charge < -0.3 is 5.11 Å². The maximum Gasteiger partial charge on any atom is 0.373 e. The molecule has 0 unspecified atom stereocenters. The lowest BCUT2D eigenvalue weighted by molar-refractivity contribution is -0.129. The number of amidine groups is 1. The van der Waals surface area contributed by atoms with E-state index in [0.29, 0.717) is 0 Å². The standard InChI is InChI=1S/C6H8N2O2/c1-3-4-8-5(7-2)6(9)10/h3-4H,2H2,1H3,(H,9,10). The Labute approximate surface area is 58.6 Å². The van der Waals surface area contributed by atoms with Crippen molar-refractivity contribution in [3.8, 4) is 0 Å². The highest BCUT2D eigenvalue weighted by Crippen LogP contribution is 1.82. The Morgan fingerprint density at radius 3 is 2.60 bits per heavy atom. The zero-order valence-corrected chi connectivity index (χ0v) is 5.61. The third kappa shape index (κ3) is 2.76. The molecule has 0 saturated heterocycles. The van der Waals surface area contributed by atoms with Crippen molar-refractivity contribution in [2.24, 2.45) is 9.98 Å². The van der Waals surface area contributed by atoms with E-state index in [0.717, 1.165) is 0 Å². The zero-order valence-electron chi connectivity index (χ0n) is 5.61. The van der Waals surface area contributed by atoms with Crippen LogP contribution in [-0.2, 0) is 4.79 Å². The lowest BCUT2D eigenvalue weighted by Gasteiger charge is -1.86. The van der Waals surface area contributed by atoms with E-state index in [2.05, 4.69) is 16.7 Å². The third-order valence-corrected chi connectivity index (χ3v) is 0.687. The van der Waals surface area contributed by atoms with Crippen LogP contribution in [0.5, 0.6) is 0 Å². The predicted octanol–water partition coefficient (Wildman–Crippen LogP) is 0.704. The van der Waals surface area contributed by atoms with Gasteiger partial charge >= 0.3 is 5.97 Å². The zero-order chi connectivity index (χ0) is 7.98. The Hall–Kier alpha value is -1.45. The second kappa shape index (κ2) is 4.43. The number of carboxylic acids is 1. The van der Waals surface area contributed by atoms with Gasteiger partial charge in [0.25, 0.3) is 0 Å². The molecule has 54 valence electrons. The van der Waals surface area contributed by atoms with Crippen LogP contribution in [0, 0.1) is 0 Å². The van der Waals surface area contributed by atoms with Crippen LogP contribution in [0.15, 0.2) is 22.3 Å². The molecular formula is C6H8N2O2. The number of hydrogen-bond donors (Lipinski definition) is 1. The first-order valence-corrected chi connectivity index (χ1v) is 2.61. The molecule has 0 aromatic heterocycles. The van der Waals surface area contributed by atoms with Crippen molar-refractivity contribution < 1.29 is 9.90 Å². The lowest BCUT2D eigenvalue weighted by atomic mass is 10.6. The van der Waals surface area contributed by atoms with Crippen LogP contribution in [-0.4, -0.2) is 23.6 Å². The van der Waals surface area contributed by atoms with E-state index in [1.807, 2.05) is 0 Å². The Bertz CT molecular complexity index is 194. The van der Waals surface area contributed by atoms with Crippen LogP contribution in [0.3, 0.4) is 0 Å². The van der Waals surface area contributed by atoms with Gasteiger partial charge in [-0.25, -0.2) is 14.8 Å². The van der Waals surface area contributed by atoms with Crippen LogP contribution in [0.1, 0.15) is 6.92 Å². The maximum atomic E-state index is 10.1. The molecule has 0 aliphatic rings. The lowest BCUT2D eigenvalue weighted by Crippen LogP contribution is -2.08. The van der Waals surface area contributed by atoms with Crippen molar-refractivity contribution in [1.29, 1.82) is 0 Å². The molecule has 0 amide bonds. The average Bonchev–Trinajstić information content (AvgIpc) is 1.89. The minimum atomic E-state index is -1.17. The van der Waals surface area contributed by atoms with Crippen LogP contribution in [0.25, 0.3) is 0 Å². The number of aliphatic carboxylic acids is 1. The summed E-state index contributed by atoms with van der Waals surface area (Å²) in [6, 6.07) is 0. The Morgan fingerprint density at radius 2 is 2.30 bits per heavy atom. The molecule has 0 aliphatic heterocycles. The number of rotatable bonds is 1. The minimum Gasteiger partial charge on any atom is -0.475 e. The Balaban J connectivity index is 4.33. The second-order valence-corrected chi connectivity index (χ2v) is 1.40. The minimum absolute atomic E-state index is 0.293. The van der Waals surface area contributed by atoms with Gasteiger partial charge in [0.05, 0.1) is 0 Å². The Kier molecular flexibility index (Phi) is 3.79. The number of aliphatic imine (C=N–C) groups is 2. The monoisotopic (exact) mass is 140 g/mol. The SMILES string of the molecule is C=NC(=NC=CC)C(=O)O. The molecule has 4 nitrogen and oxygen atoms in total. The number of hydrogen-bond acceptors (Lipinski definition) is 2. The number of allylic oxidation sites excluding steroid dienone is 1. The van der Waals surface area contributed by atoms with Gasteiger partial charge in [0, 0.05) is 6.20 Å². The summed E-state index contributed by atoms with van der Waals surface area (Å²) in [5, 5.41) is 8.30. The van der Waals surface area contributed by atoms with Gasteiger partial charge in [-0.2, -0.15) is 0 Å². The van der Waals surface area contributed by atoms with E-state index in [-0.39, 0.29) is 5.84 Å². The van der Waals surface area contributed by atoms with Crippen LogP contribution >= 0.6 is 0 Å².